The molecule has 4 aromatic carbocycles. The van der Waals surface area contributed by atoms with Crippen molar-refractivity contribution in [3.8, 4) is 5.75 Å². The second kappa shape index (κ2) is 18.4. The fraction of sp³-hybridized carbons (Fsp3) is 0.400. The number of rotatable bonds is 18. The van der Waals surface area contributed by atoms with E-state index in [2.05, 4.69) is 56.0 Å². The van der Waals surface area contributed by atoms with Gasteiger partial charge in [0.1, 0.15) is 30.2 Å². The van der Waals surface area contributed by atoms with Crippen molar-refractivity contribution >= 4 is 8.07 Å². The molecule has 0 bridgehead atoms. The van der Waals surface area contributed by atoms with Crippen molar-refractivity contribution in [2.75, 3.05) is 20.3 Å². The Balaban J connectivity index is 1.44. The second-order valence-corrected chi connectivity index (χ2v) is 19.0. The molecule has 0 unspecified atom stereocenters. The molecule has 256 valence electrons. The first-order valence-electron chi connectivity index (χ1n) is 16.8. The minimum atomic E-state index is -1.37. The molecular weight excluding hydrogens is 621 g/mol. The zero-order valence-corrected chi connectivity index (χ0v) is 29.7. The molecule has 1 heterocycles. The predicted octanol–water partition coefficient (Wildman–Crippen LogP) is 8.05. The van der Waals surface area contributed by atoms with Gasteiger partial charge in [0.05, 0.1) is 40.1 Å². The molecule has 0 radical (unpaired) electrons. The molecule has 0 spiro atoms. The first-order chi connectivity index (χ1) is 23.4. The van der Waals surface area contributed by atoms with E-state index in [1.54, 1.807) is 7.11 Å². The van der Waals surface area contributed by atoms with Gasteiger partial charge in [-0.3, -0.25) is 0 Å². The Labute approximate surface area is 287 Å². The van der Waals surface area contributed by atoms with E-state index in [1.807, 2.05) is 78.9 Å². The third-order valence-corrected chi connectivity index (χ3v) is 10.00. The molecule has 7 nitrogen and oxygen atoms in total. The molecule has 0 aliphatic carbocycles. The fourth-order valence-electron chi connectivity index (χ4n) is 5.51. The van der Waals surface area contributed by atoms with E-state index in [4.69, 9.17) is 33.2 Å². The lowest BCUT2D eigenvalue weighted by Crippen LogP contribution is -2.61. The summed E-state index contributed by atoms with van der Waals surface area (Å²) in [7, 11) is 0.295. The fourth-order valence-corrected chi connectivity index (χ4v) is 6.24. The van der Waals surface area contributed by atoms with Gasteiger partial charge in [0.15, 0.2) is 6.29 Å². The van der Waals surface area contributed by atoms with Gasteiger partial charge in [-0.1, -0.05) is 123 Å². The highest BCUT2D eigenvalue weighted by atomic mass is 28.3. The summed E-state index contributed by atoms with van der Waals surface area (Å²) in [6, 6.07) is 39.4. The van der Waals surface area contributed by atoms with Crippen molar-refractivity contribution < 1.29 is 33.2 Å². The Hall–Kier alpha value is -3.34. The van der Waals surface area contributed by atoms with E-state index >= 15 is 0 Å². The molecule has 48 heavy (non-hydrogen) atoms. The molecule has 0 amide bonds. The van der Waals surface area contributed by atoms with E-state index in [9.17, 15) is 0 Å². The Morgan fingerprint density at radius 1 is 0.542 bits per heavy atom. The Morgan fingerprint density at radius 3 is 1.54 bits per heavy atom. The molecule has 8 heteroatoms. The highest BCUT2D eigenvalue weighted by Gasteiger charge is 2.49. The Morgan fingerprint density at radius 2 is 1.02 bits per heavy atom. The molecule has 5 rings (SSSR count). The molecule has 0 saturated carbocycles. The van der Waals surface area contributed by atoms with E-state index in [0.29, 0.717) is 39.6 Å². The molecule has 5 atom stereocenters. The molecule has 1 fully saturated rings. The highest BCUT2D eigenvalue weighted by molar-refractivity contribution is 6.76. The maximum Gasteiger partial charge on any atom is 0.186 e. The van der Waals surface area contributed by atoms with Crippen molar-refractivity contribution in [2.24, 2.45) is 0 Å². The van der Waals surface area contributed by atoms with Crippen LogP contribution >= 0.6 is 0 Å². The van der Waals surface area contributed by atoms with Gasteiger partial charge in [-0.15, -0.1) is 0 Å². The average molecular weight is 671 g/mol. The third kappa shape index (κ3) is 11.4. The van der Waals surface area contributed by atoms with Crippen LogP contribution < -0.4 is 4.74 Å². The van der Waals surface area contributed by atoms with Crippen LogP contribution in [0.4, 0.5) is 0 Å². The van der Waals surface area contributed by atoms with Gasteiger partial charge in [0.2, 0.25) is 0 Å². The molecule has 1 aliphatic heterocycles. The van der Waals surface area contributed by atoms with E-state index in [1.165, 1.54) is 0 Å². The van der Waals surface area contributed by atoms with Crippen LogP contribution in [0.15, 0.2) is 115 Å². The second-order valence-electron chi connectivity index (χ2n) is 13.4. The summed E-state index contributed by atoms with van der Waals surface area (Å²) in [6.07, 6.45) is -2.72. The molecule has 1 saturated heterocycles. The van der Waals surface area contributed by atoms with Gasteiger partial charge in [-0.2, -0.15) is 0 Å². The van der Waals surface area contributed by atoms with E-state index < -0.39 is 38.8 Å². The number of methoxy groups -OCH3 is 1. The van der Waals surface area contributed by atoms with Crippen LogP contribution in [0.3, 0.4) is 0 Å². The zero-order chi connectivity index (χ0) is 33.6. The summed E-state index contributed by atoms with van der Waals surface area (Å²) in [5.41, 5.74) is 4.22. The number of ether oxygens (including phenoxy) is 7. The largest absolute Gasteiger partial charge is 0.497 e. The van der Waals surface area contributed by atoms with E-state index in [0.717, 1.165) is 34.0 Å². The maximum absolute atomic E-state index is 6.82. The summed E-state index contributed by atoms with van der Waals surface area (Å²) in [6.45, 7) is 9.48. The van der Waals surface area contributed by atoms with Crippen LogP contribution in [-0.2, 0) is 54.8 Å². The molecular formula is C40H50O7Si. The van der Waals surface area contributed by atoms with Crippen molar-refractivity contribution in [3.05, 3.63) is 138 Å². The summed E-state index contributed by atoms with van der Waals surface area (Å²) in [5.74, 6) is 0.796. The number of benzene rings is 4. The minimum absolute atomic E-state index is 0.302. The smallest absolute Gasteiger partial charge is 0.186 e. The molecule has 1 aliphatic rings. The van der Waals surface area contributed by atoms with Gasteiger partial charge < -0.3 is 33.2 Å². The van der Waals surface area contributed by atoms with Gasteiger partial charge in [0.25, 0.3) is 0 Å². The van der Waals surface area contributed by atoms with Gasteiger partial charge >= 0.3 is 0 Å². The van der Waals surface area contributed by atoms with Crippen molar-refractivity contribution in [1.29, 1.82) is 0 Å². The quantitative estimate of drug-likeness (QED) is 0.0993. The summed E-state index contributed by atoms with van der Waals surface area (Å²) in [4.78, 5) is 0. The first-order valence-corrected chi connectivity index (χ1v) is 20.5. The van der Waals surface area contributed by atoms with Crippen molar-refractivity contribution in [2.45, 2.75) is 82.8 Å². The van der Waals surface area contributed by atoms with Crippen LogP contribution in [-0.4, -0.2) is 59.1 Å². The first kappa shape index (κ1) is 36.0. The average Bonchev–Trinajstić information content (AvgIpc) is 3.10. The lowest BCUT2D eigenvalue weighted by Gasteiger charge is -2.46. The van der Waals surface area contributed by atoms with Crippen LogP contribution in [0.2, 0.25) is 25.7 Å². The zero-order valence-electron chi connectivity index (χ0n) is 28.7. The standard InChI is InChI=1S/C40H50O7Si/c1-41-35-22-20-34(21-23-35)29-45-38-37(44-27-32-16-10-6-11-17-32)36(30-42-26-31-14-8-5-9-15-31)47-40(43-24-25-48(2,3)4)39(38)46-28-33-18-12-7-13-19-33/h5-23,36-40H,24-30H2,1-4H3/t36-,37+,38+,39-,40-/m1/s1. The Kier molecular flexibility index (Phi) is 13.8. The molecule has 4 aromatic rings. The van der Waals surface area contributed by atoms with Gasteiger partial charge in [-0.25, -0.2) is 0 Å². The third-order valence-electron chi connectivity index (χ3n) is 8.29. The Bertz CT molecular complexity index is 1450. The lowest BCUT2D eigenvalue weighted by molar-refractivity contribution is -0.327. The van der Waals surface area contributed by atoms with Crippen molar-refractivity contribution in [3.63, 3.8) is 0 Å². The molecule has 0 N–H and O–H groups in total. The monoisotopic (exact) mass is 670 g/mol. The normalized spacial score (nSPS) is 21.2. The number of hydrogen-bond acceptors (Lipinski definition) is 7. The lowest BCUT2D eigenvalue weighted by atomic mass is 9.97. The summed E-state index contributed by atoms with van der Waals surface area (Å²) in [5, 5.41) is 0. The maximum atomic E-state index is 6.82. The molecule has 0 aromatic heterocycles. The van der Waals surface area contributed by atoms with Crippen LogP contribution in [0, 0.1) is 0 Å². The van der Waals surface area contributed by atoms with Gasteiger partial charge in [-0.05, 0) is 40.4 Å². The van der Waals surface area contributed by atoms with Crippen LogP contribution in [0.1, 0.15) is 22.3 Å². The summed E-state index contributed by atoms with van der Waals surface area (Å²) >= 11 is 0. The van der Waals surface area contributed by atoms with Crippen molar-refractivity contribution in [1.82, 2.24) is 0 Å². The minimum Gasteiger partial charge on any atom is -0.497 e. The van der Waals surface area contributed by atoms with Gasteiger partial charge in [0, 0.05) is 14.7 Å². The summed E-state index contributed by atoms with van der Waals surface area (Å²) < 4.78 is 45.3. The van der Waals surface area contributed by atoms with Crippen LogP contribution in [0.25, 0.3) is 0 Å². The highest BCUT2D eigenvalue weighted by Crippen LogP contribution is 2.32. The van der Waals surface area contributed by atoms with Crippen LogP contribution in [0.5, 0.6) is 5.75 Å². The predicted molar refractivity (Wildman–Crippen MR) is 190 cm³/mol. The topological polar surface area (TPSA) is 64.6 Å². The van der Waals surface area contributed by atoms with E-state index in [-0.39, 0.29) is 0 Å². The number of hydrogen-bond donors (Lipinski definition) is 0. The SMILES string of the molecule is COc1ccc(CO[C@H]2[C@@H](OCc3ccccc3)[C@@H](COCc3ccccc3)O[C@@H](OCC[Si](C)(C)C)[C@@H]2OCc2ccccc2)cc1.